The van der Waals surface area contributed by atoms with Crippen molar-refractivity contribution in [2.75, 3.05) is 18.6 Å². The number of benzene rings is 2. The van der Waals surface area contributed by atoms with E-state index in [1.807, 2.05) is 30.3 Å². The van der Waals surface area contributed by atoms with Gasteiger partial charge in [-0.2, -0.15) is 0 Å². The molecule has 1 aliphatic heterocycles. The lowest BCUT2D eigenvalue weighted by Crippen LogP contribution is -2.49. The third kappa shape index (κ3) is 4.18. The summed E-state index contributed by atoms with van der Waals surface area (Å²) in [6.45, 7) is 0.520. The van der Waals surface area contributed by atoms with Gasteiger partial charge in [-0.25, -0.2) is 14.9 Å². The van der Waals surface area contributed by atoms with Crippen molar-refractivity contribution in [2.45, 2.75) is 12.6 Å². The number of hydrogen-bond donors (Lipinski definition) is 2. The topological polar surface area (TPSA) is 135 Å². The molecule has 11 heteroatoms. The molecule has 0 spiro atoms. The van der Waals surface area contributed by atoms with Crippen LogP contribution in [0, 0.1) is 0 Å². The number of likely N-dealkylation sites (N-methyl/N-ethyl adjacent to an activating group) is 1. The number of nitrogens with one attached hydrogen (secondary N) is 2. The highest BCUT2D eigenvalue weighted by Gasteiger charge is 2.31. The van der Waals surface area contributed by atoms with Crippen LogP contribution in [-0.2, 0) is 11.3 Å². The fraction of sp³-hybridized carbons (Fsp3) is 0.174. The number of hydrogen-bond acceptors (Lipinski definition) is 7. The van der Waals surface area contributed by atoms with Gasteiger partial charge in [-0.05, 0) is 23.8 Å². The Hall–Kier alpha value is -4.67. The Bertz CT molecular complexity index is 1410. The molecule has 2 aromatic carbocycles. The zero-order chi connectivity index (χ0) is 23.7. The van der Waals surface area contributed by atoms with Crippen LogP contribution >= 0.6 is 0 Å². The quantitative estimate of drug-likeness (QED) is 0.460. The average Bonchev–Trinajstić information content (AvgIpc) is 3.48. The molecule has 0 saturated heterocycles. The number of H-pyrrole nitrogens is 1. The highest BCUT2D eigenvalue weighted by atomic mass is 16.5. The van der Waals surface area contributed by atoms with Gasteiger partial charge in [-0.3, -0.25) is 9.59 Å². The van der Waals surface area contributed by atoms with E-state index in [2.05, 4.69) is 20.5 Å². The molecule has 0 aliphatic carbocycles. The third-order valence-electron chi connectivity index (χ3n) is 5.42. The Balaban J connectivity index is 1.30. The molecule has 11 nitrogen and oxygen atoms in total. The number of aromatic nitrogens is 4. The SMILES string of the molecule is CN1C(=O)C(NC(=O)c2cn(Cc3ccccc3)cn2)COc2ccc(-c3n[nH]c(=O)o3)cc21. The second-order valence-corrected chi connectivity index (χ2v) is 7.75. The minimum atomic E-state index is -0.920. The number of carbonyl (C=O) groups is 2. The van der Waals surface area contributed by atoms with E-state index in [1.54, 1.807) is 42.3 Å². The molecule has 172 valence electrons. The van der Waals surface area contributed by atoms with Crippen LogP contribution in [0.5, 0.6) is 5.75 Å². The van der Waals surface area contributed by atoms with Gasteiger partial charge in [0.2, 0.25) is 5.89 Å². The normalized spacial score (nSPS) is 15.4. The second-order valence-electron chi connectivity index (χ2n) is 7.75. The highest BCUT2D eigenvalue weighted by Crippen LogP contribution is 2.34. The smallest absolute Gasteiger partial charge is 0.434 e. The molecular weight excluding hydrogens is 440 g/mol. The lowest BCUT2D eigenvalue weighted by atomic mass is 10.1. The maximum Gasteiger partial charge on any atom is 0.434 e. The molecule has 2 N–H and O–H groups in total. The van der Waals surface area contributed by atoms with Crippen LogP contribution in [0.2, 0.25) is 0 Å². The van der Waals surface area contributed by atoms with Crippen molar-refractivity contribution in [3.8, 4) is 17.2 Å². The van der Waals surface area contributed by atoms with Crippen LogP contribution in [0.1, 0.15) is 16.1 Å². The number of nitrogens with zero attached hydrogens (tertiary/aromatic N) is 4. The standard InChI is InChI=1S/C23H20N6O5/c1-28-18-9-15(21-26-27-23(32)34-21)7-8-19(18)33-12-17(22(28)31)25-20(30)16-11-29(13-24-16)10-14-5-3-2-4-6-14/h2-9,11,13,17H,10,12H2,1H3,(H,25,30)(H,27,32). The summed E-state index contributed by atoms with van der Waals surface area (Å²) in [6.07, 6.45) is 3.21. The van der Waals surface area contributed by atoms with Crippen molar-refractivity contribution in [3.63, 3.8) is 0 Å². The zero-order valence-electron chi connectivity index (χ0n) is 18.1. The van der Waals surface area contributed by atoms with E-state index < -0.39 is 17.7 Å². The Morgan fingerprint density at radius 3 is 2.79 bits per heavy atom. The van der Waals surface area contributed by atoms with Crippen molar-refractivity contribution in [3.05, 3.63) is 82.9 Å². The summed E-state index contributed by atoms with van der Waals surface area (Å²) in [5.41, 5.74) is 2.22. The summed E-state index contributed by atoms with van der Waals surface area (Å²) >= 11 is 0. The molecule has 1 unspecified atom stereocenters. The van der Waals surface area contributed by atoms with Crippen LogP contribution in [0.15, 0.2) is 70.3 Å². The van der Waals surface area contributed by atoms with Gasteiger partial charge < -0.3 is 23.9 Å². The molecule has 1 aliphatic rings. The summed E-state index contributed by atoms with van der Waals surface area (Å²) in [5.74, 6) is -0.988. The predicted octanol–water partition coefficient (Wildman–Crippen LogP) is 1.43. The Labute approximate surface area is 193 Å². The van der Waals surface area contributed by atoms with Crippen LogP contribution < -0.4 is 20.7 Å². The largest absolute Gasteiger partial charge is 0.489 e. The molecule has 2 amide bonds. The molecule has 0 radical (unpaired) electrons. The summed E-state index contributed by atoms with van der Waals surface area (Å²) in [5, 5.41) is 8.71. The Morgan fingerprint density at radius 2 is 2.03 bits per heavy atom. The Morgan fingerprint density at radius 1 is 1.21 bits per heavy atom. The first kappa shape index (κ1) is 21.2. The molecule has 0 bridgehead atoms. The number of ether oxygens (including phenoxy) is 1. The minimum absolute atomic E-state index is 0.0521. The first-order valence-electron chi connectivity index (χ1n) is 10.4. The van der Waals surface area contributed by atoms with Crippen LogP contribution in [0.3, 0.4) is 0 Å². The summed E-state index contributed by atoms with van der Waals surface area (Å²) in [4.78, 5) is 42.7. The van der Waals surface area contributed by atoms with Crippen molar-refractivity contribution in [2.24, 2.45) is 0 Å². The lowest BCUT2D eigenvalue weighted by Gasteiger charge is -2.20. The van der Waals surface area contributed by atoms with E-state index in [0.29, 0.717) is 23.5 Å². The van der Waals surface area contributed by atoms with Crippen molar-refractivity contribution >= 4 is 17.5 Å². The predicted molar refractivity (Wildman–Crippen MR) is 120 cm³/mol. The maximum atomic E-state index is 13.1. The van der Waals surface area contributed by atoms with Gasteiger partial charge in [0.05, 0.1) is 12.0 Å². The number of rotatable bonds is 5. The van der Waals surface area contributed by atoms with Crippen LogP contribution in [-0.4, -0.2) is 51.3 Å². The molecule has 5 rings (SSSR count). The van der Waals surface area contributed by atoms with Crippen LogP contribution in [0.4, 0.5) is 5.69 Å². The fourth-order valence-corrected chi connectivity index (χ4v) is 3.68. The van der Waals surface area contributed by atoms with Crippen molar-refractivity contribution in [1.82, 2.24) is 25.1 Å². The molecule has 3 heterocycles. The van der Waals surface area contributed by atoms with E-state index in [4.69, 9.17) is 9.15 Å². The van der Waals surface area contributed by atoms with Crippen LogP contribution in [0.25, 0.3) is 11.5 Å². The third-order valence-corrected chi connectivity index (χ3v) is 5.42. The molecule has 0 saturated carbocycles. The summed E-state index contributed by atoms with van der Waals surface area (Å²) in [6, 6.07) is 13.8. The van der Waals surface area contributed by atoms with Gasteiger partial charge in [0.15, 0.2) is 0 Å². The van der Waals surface area contributed by atoms with E-state index in [-0.39, 0.29) is 24.1 Å². The van der Waals surface area contributed by atoms with E-state index in [9.17, 15) is 14.4 Å². The van der Waals surface area contributed by atoms with Crippen molar-refractivity contribution in [1.29, 1.82) is 0 Å². The minimum Gasteiger partial charge on any atom is -0.489 e. The number of amides is 2. The summed E-state index contributed by atoms with van der Waals surface area (Å²) in [7, 11) is 1.58. The van der Waals surface area contributed by atoms with E-state index >= 15 is 0 Å². The van der Waals surface area contributed by atoms with E-state index in [1.165, 1.54) is 4.90 Å². The van der Waals surface area contributed by atoms with Gasteiger partial charge in [0, 0.05) is 25.4 Å². The van der Waals surface area contributed by atoms with Crippen molar-refractivity contribution < 1.29 is 18.7 Å². The molecule has 2 aromatic heterocycles. The van der Waals surface area contributed by atoms with Gasteiger partial charge in [-0.15, -0.1) is 5.10 Å². The lowest BCUT2D eigenvalue weighted by molar-refractivity contribution is -0.120. The number of imidazole rings is 1. The molecule has 1 atom stereocenters. The Kier molecular flexibility index (Phi) is 5.42. The number of carbonyl (C=O) groups excluding carboxylic acids is 2. The number of anilines is 1. The zero-order valence-corrected chi connectivity index (χ0v) is 18.1. The molecule has 34 heavy (non-hydrogen) atoms. The monoisotopic (exact) mass is 460 g/mol. The van der Waals surface area contributed by atoms with Gasteiger partial charge >= 0.3 is 5.76 Å². The van der Waals surface area contributed by atoms with Gasteiger partial charge in [0.1, 0.15) is 24.1 Å². The summed E-state index contributed by atoms with van der Waals surface area (Å²) < 4.78 is 12.6. The first-order valence-corrected chi connectivity index (χ1v) is 10.4. The molecular formula is C23H20N6O5. The number of aromatic amines is 1. The van der Waals surface area contributed by atoms with Gasteiger partial charge in [-0.1, -0.05) is 30.3 Å². The molecule has 0 fully saturated rings. The molecule has 4 aromatic rings. The average molecular weight is 460 g/mol. The maximum absolute atomic E-state index is 13.1. The highest BCUT2D eigenvalue weighted by molar-refractivity contribution is 6.03. The number of fused-ring (bicyclic) bond motifs is 1. The second kappa shape index (κ2) is 8.70. The van der Waals surface area contributed by atoms with Gasteiger partial charge in [0.25, 0.3) is 11.8 Å². The fourth-order valence-electron chi connectivity index (χ4n) is 3.68. The van der Waals surface area contributed by atoms with E-state index in [0.717, 1.165) is 5.56 Å². The first-order chi connectivity index (χ1) is 16.5.